The van der Waals surface area contributed by atoms with E-state index in [0.29, 0.717) is 17.6 Å². The van der Waals surface area contributed by atoms with Crippen LogP contribution in [0.5, 0.6) is 11.8 Å². The predicted octanol–water partition coefficient (Wildman–Crippen LogP) is 1.34. The van der Waals surface area contributed by atoms with E-state index in [1.807, 2.05) is 0 Å². The maximum absolute atomic E-state index is 4.91. The number of hydrogen-bond donors (Lipinski definition) is 1. The van der Waals surface area contributed by atoms with E-state index in [9.17, 15) is 0 Å². The summed E-state index contributed by atoms with van der Waals surface area (Å²) in [7, 11) is 3.11. The predicted molar refractivity (Wildman–Crippen MR) is 66.5 cm³/mol. The minimum absolute atomic E-state index is 0.523. The summed E-state index contributed by atoms with van der Waals surface area (Å²) >= 11 is 0. The maximum Gasteiger partial charge on any atom is 0.220 e. The van der Waals surface area contributed by atoms with Crippen LogP contribution in [0.3, 0.4) is 0 Å². The SMILES string of the molecule is C1=CCNCC1.COc1cc(OC)nc(C)n1. The van der Waals surface area contributed by atoms with Crippen LogP contribution >= 0.6 is 0 Å². The molecule has 0 saturated heterocycles. The van der Waals surface area contributed by atoms with Crippen LogP contribution in [0, 0.1) is 6.92 Å². The number of nitrogens with zero attached hydrogens (tertiary/aromatic N) is 2. The molecular formula is C12H19N3O2. The largest absolute Gasteiger partial charge is 0.481 e. The lowest BCUT2D eigenvalue weighted by Crippen LogP contribution is -2.17. The van der Waals surface area contributed by atoms with Gasteiger partial charge in [0, 0.05) is 6.54 Å². The van der Waals surface area contributed by atoms with E-state index in [-0.39, 0.29) is 0 Å². The molecule has 17 heavy (non-hydrogen) atoms. The van der Waals surface area contributed by atoms with Gasteiger partial charge in [-0.2, -0.15) is 9.97 Å². The molecular weight excluding hydrogens is 218 g/mol. The fourth-order valence-electron chi connectivity index (χ4n) is 1.30. The van der Waals surface area contributed by atoms with Crippen LogP contribution < -0.4 is 14.8 Å². The van der Waals surface area contributed by atoms with Gasteiger partial charge in [0.2, 0.25) is 11.8 Å². The van der Waals surface area contributed by atoms with Crippen molar-refractivity contribution in [3.63, 3.8) is 0 Å². The molecule has 0 atom stereocenters. The van der Waals surface area contributed by atoms with Crippen molar-refractivity contribution in [1.29, 1.82) is 0 Å². The fraction of sp³-hybridized carbons (Fsp3) is 0.500. The van der Waals surface area contributed by atoms with Crippen molar-refractivity contribution in [1.82, 2.24) is 15.3 Å². The van der Waals surface area contributed by atoms with E-state index in [0.717, 1.165) is 13.1 Å². The number of aryl methyl sites for hydroxylation is 1. The van der Waals surface area contributed by atoms with Crippen LogP contribution in [0.1, 0.15) is 12.2 Å². The van der Waals surface area contributed by atoms with Crippen molar-refractivity contribution in [2.45, 2.75) is 13.3 Å². The number of ether oxygens (including phenoxy) is 2. The normalized spacial score (nSPS) is 13.6. The Kier molecular flexibility index (Phi) is 6.03. The summed E-state index contributed by atoms with van der Waals surface area (Å²) in [4.78, 5) is 7.97. The number of methoxy groups -OCH3 is 2. The minimum Gasteiger partial charge on any atom is -0.481 e. The second-order valence-electron chi connectivity index (χ2n) is 3.46. The fourth-order valence-corrected chi connectivity index (χ4v) is 1.30. The molecule has 1 aromatic rings. The molecule has 94 valence electrons. The Balaban J connectivity index is 0.000000202. The lowest BCUT2D eigenvalue weighted by molar-refractivity contribution is 0.369. The molecule has 1 aromatic heterocycles. The average molecular weight is 237 g/mol. The van der Waals surface area contributed by atoms with Crippen LogP contribution in [0.25, 0.3) is 0 Å². The lowest BCUT2D eigenvalue weighted by Gasteiger charge is -2.02. The summed E-state index contributed by atoms with van der Waals surface area (Å²) in [6.45, 7) is 4.02. The third-order valence-corrected chi connectivity index (χ3v) is 2.13. The highest BCUT2D eigenvalue weighted by molar-refractivity contribution is 5.20. The molecule has 5 heteroatoms. The van der Waals surface area contributed by atoms with Gasteiger partial charge in [-0.15, -0.1) is 0 Å². The topological polar surface area (TPSA) is 56.3 Å². The number of hydrogen-bond acceptors (Lipinski definition) is 5. The molecule has 0 radical (unpaired) electrons. The van der Waals surface area contributed by atoms with E-state index in [4.69, 9.17) is 9.47 Å². The molecule has 0 bridgehead atoms. The Bertz CT molecular complexity index is 337. The molecule has 0 saturated carbocycles. The van der Waals surface area contributed by atoms with Crippen molar-refractivity contribution in [2.24, 2.45) is 0 Å². The molecule has 0 unspecified atom stereocenters. The highest BCUT2D eigenvalue weighted by Gasteiger charge is 1.99. The highest BCUT2D eigenvalue weighted by atomic mass is 16.5. The molecule has 0 aromatic carbocycles. The second-order valence-corrected chi connectivity index (χ2v) is 3.46. The Morgan fingerprint density at radius 2 is 1.76 bits per heavy atom. The van der Waals surface area contributed by atoms with E-state index in [1.165, 1.54) is 6.42 Å². The standard InChI is InChI=1S/C7H10N2O2.C5H9N/c1-5-8-6(10-2)4-7(9-5)11-3;1-2-4-6-5-3-1/h4H,1-3H3;1-2,6H,3-5H2. The van der Waals surface area contributed by atoms with Crippen molar-refractivity contribution in [3.05, 3.63) is 24.0 Å². The summed E-state index contributed by atoms with van der Waals surface area (Å²) < 4.78 is 9.81. The molecule has 5 nitrogen and oxygen atoms in total. The zero-order valence-electron chi connectivity index (χ0n) is 10.6. The molecule has 0 fully saturated rings. The summed E-state index contributed by atoms with van der Waals surface area (Å²) in [5.41, 5.74) is 0. The third-order valence-electron chi connectivity index (χ3n) is 2.13. The first kappa shape index (κ1) is 13.4. The zero-order chi connectivity index (χ0) is 12.5. The van der Waals surface area contributed by atoms with Gasteiger partial charge in [-0.1, -0.05) is 12.2 Å². The molecule has 0 aliphatic carbocycles. The van der Waals surface area contributed by atoms with Gasteiger partial charge in [0.25, 0.3) is 0 Å². The second kappa shape index (κ2) is 7.62. The van der Waals surface area contributed by atoms with Crippen LogP contribution in [0.2, 0.25) is 0 Å². The Morgan fingerprint density at radius 1 is 1.12 bits per heavy atom. The molecule has 0 spiro atoms. The van der Waals surface area contributed by atoms with Crippen molar-refractivity contribution in [3.8, 4) is 11.8 Å². The van der Waals surface area contributed by atoms with Gasteiger partial charge in [0.1, 0.15) is 5.82 Å². The minimum atomic E-state index is 0.523. The van der Waals surface area contributed by atoms with Crippen LogP contribution in [-0.4, -0.2) is 37.3 Å². The molecule has 1 N–H and O–H groups in total. The Labute approximate surface area is 102 Å². The Morgan fingerprint density at radius 3 is 2.06 bits per heavy atom. The van der Waals surface area contributed by atoms with Gasteiger partial charge < -0.3 is 14.8 Å². The van der Waals surface area contributed by atoms with E-state index < -0.39 is 0 Å². The third kappa shape index (κ3) is 5.31. The van der Waals surface area contributed by atoms with Crippen LogP contribution in [-0.2, 0) is 0 Å². The first-order valence-corrected chi connectivity index (χ1v) is 5.55. The quantitative estimate of drug-likeness (QED) is 0.787. The first-order valence-electron chi connectivity index (χ1n) is 5.55. The van der Waals surface area contributed by atoms with Crippen LogP contribution in [0.15, 0.2) is 18.2 Å². The molecule has 0 amide bonds. The van der Waals surface area contributed by atoms with Gasteiger partial charge in [-0.3, -0.25) is 0 Å². The molecule has 1 aliphatic rings. The highest BCUT2D eigenvalue weighted by Crippen LogP contribution is 2.13. The smallest absolute Gasteiger partial charge is 0.220 e. The average Bonchev–Trinajstić information content (AvgIpc) is 2.40. The summed E-state index contributed by atoms with van der Waals surface area (Å²) in [5.74, 6) is 1.69. The molecule has 1 aliphatic heterocycles. The van der Waals surface area contributed by atoms with E-state index in [1.54, 1.807) is 27.2 Å². The van der Waals surface area contributed by atoms with Gasteiger partial charge in [0.05, 0.1) is 20.3 Å². The molecule has 2 heterocycles. The van der Waals surface area contributed by atoms with Crippen LogP contribution in [0.4, 0.5) is 0 Å². The number of nitrogens with one attached hydrogen (secondary N) is 1. The summed E-state index contributed by atoms with van der Waals surface area (Å²) in [6.07, 6.45) is 5.57. The monoisotopic (exact) mass is 237 g/mol. The van der Waals surface area contributed by atoms with Crippen molar-refractivity contribution >= 4 is 0 Å². The number of aromatic nitrogens is 2. The number of rotatable bonds is 2. The van der Waals surface area contributed by atoms with Gasteiger partial charge in [-0.05, 0) is 19.9 Å². The summed E-state index contributed by atoms with van der Waals surface area (Å²) in [5, 5.41) is 3.20. The Hall–Kier alpha value is -1.62. The van der Waals surface area contributed by atoms with Crippen molar-refractivity contribution in [2.75, 3.05) is 27.3 Å². The summed E-state index contributed by atoms with van der Waals surface area (Å²) in [6, 6.07) is 1.63. The lowest BCUT2D eigenvalue weighted by atomic mass is 10.3. The van der Waals surface area contributed by atoms with Crippen molar-refractivity contribution < 1.29 is 9.47 Å². The zero-order valence-corrected chi connectivity index (χ0v) is 10.6. The first-order chi connectivity index (χ1) is 8.26. The van der Waals surface area contributed by atoms with Gasteiger partial charge in [-0.25, -0.2) is 0 Å². The van der Waals surface area contributed by atoms with Gasteiger partial charge in [0.15, 0.2) is 0 Å². The van der Waals surface area contributed by atoms with E-state index >= 15 is 0 Å². The molecule has 2 rings (SSSR count). The van der Waals surface area contributed by atoms with E-state index in [2.05, 4.69) is 27.4 Å². The maximum atomic E-state index is 4.91. The van der Waals surface area contributed by atoms with Gasteiger partial charge >= 0.3 is 0 Å².